The van der Waals surface area contributed by atoms with Gasteiger partial charge in [-0.2, -0.15) is 0 Å². The van der Waals surface area contributed by atoms with Crippen molar-refractivity contribution in [3.8, 4) is 0 Å². The number of likely N-dealkylation sites (tertiary alicyclic amines) is 1. The summed E-state index contributed by atoms with van der Waals surface area (Å²) in [5.74, 6) is -0.185. The lowest BCUT2D eigenvalue weighted by atomic mass is 10.0. The number of carbonyl (C=O) groups is 2. The Morgan fingerprint density at radius 3 is 2.37 bits per heavy atom. The Hall–Kier alpha value is -2.30. The number of piperidine rings is 1. The predicted octanol–water partition coefficient (Wildman–Crippen LogP) is 4.43. The lowest BCUT2D eigenvalue weighted by Gasteiger charge is -2.32. The molecule has 6 heteroatoms. The van der Waals surface area contributed by atoms with E-state index in [1.54, 1.807) is 35.3 Å². The molecule has 0 aliphatic carbocycles. The van der Waals surface area contributed by atoms with Crippen LogP contribution in [0, 0.1) is 0 Å². The van der Waals surface area contributed by atoms with Crippen molar-refractivity contribution in [2.24, 2.45) is 0 Å². The summed E-state index contributed by atoms with van der Waals surface area (Å²) >= 11 is 11.9. The molecule has 1 fully saturated rings. The molecule has 140 valence electrons. The number of amides is 2. The summed E-state index contributed by atoms with van der Waals surface area (Å²) in [5, 5.41) is 3.80. The zero-order chi connectivity index (χ0) is 19.2. The number of nitrogens with one attached hydrogen (secondary N) is 1. The molecular formula is C21H20Cl2N2O2. The summed E-state index contributed by atoms with van der Waals surface area (Å²) in [6.07, 6.45) is 4.77. The van der Waals surface area contributed by atoms with Crippen molar-refractivity contribution in [2.75, 3.05) is 13.1 Å². The van der Waals surface area contributed by atoms with Gasteiger partial charge in [0.25, 0.3) is 5.91 Å². The summed E-state index contributed by atoms with van der Waals surface area (Å²) in [6, 6.07) is 14.6. The van der Waals surface area contributed by atoms with E-state index >= 15 is 0 Å². The van der Waals surface area contributed by atoms with Gasteiger partial charge in [-0.05, 0) is 42.7 Å². The van der Waals surface area contributed by atoms with Crippen LogP contribution in [0.2, 0.25) is 10.0 Å². The van der Waals surface area contributed by atoms with E-state index in [9.17, 15) is 9.59 Å². The Kier molecular flexibility index (Phi) is 6.54. The van der Waals surface area contributed by atoms with Crippen molar-refractivity contribution >= 4 is 41.1 Å². The van der Waals surface area contributed by atoms with E-state index in [-0.39, 0.29) is 17.9 Å². The van der Waals surface area contributed by atoms with E-state index in [1.807, 2.05) is 30.3 Å². The number of halogens is 2. The van der Waals surface area contributed by atoms with Gasteiger partial charge in [-0.25, -0.2) is 0 Å². The molecule has 0 atom stereocenters. The first kappa shape index (κ1) is 19.5. The van der Waals surface area contributed by atoms with Crippen LogP contribution < -0.4 is 5.32 Å². The molecule has 0 radical (unpaired) electrons. The van der Waals surface area contributed by atoms with Crippen LogP contribution in [0.1, 0.15) is 28.8 Å². The Morgan fingerprint density at radius 1 is 1.00 bits per heavy atom. The fourth-order valence-electron chi connectivity index (χ4n) is 3.02. The highest BCUT2D eigenvalue weighted by molar-refractivity contribution is 6.42. The lowest BCUT2D eigenvalue weighted by molar-refractivity contribution is -0.117. The predicted molar refractivity (Wildman–Crippen MR) is 109 cm³/mol. The van der Waals surface area contributed by atoms with Crippen molar-refractivity contribution in [2.45, 2.75) is 18.9 Å². The van der Waals surface area contributed by atoms with Gasteiger partial charge in [0.2, 0.25) is 5.91 Å². The third-order valence-corrected chi connectivity index (χ3v) is 5.26. The summed E-state index contributed by atoms with van der Waals surface area (Å²) in [5.41, 5.74) is 1.51. The standard InChI is InChI=1S/C21H20Cl2N2O2/c22-18-8-7-16(14-19(18)23)21(27)25-12-10-17(11-13-25)24-20(26)9-6-15-4-2-1-3-5-15/h1-9,14,17H,10-13H2,(H,24,26)/b9-6+. The molecule has 1 N–H and O–H groups in total. The highest BCUT2D eigenvalue weighted by Gasteiger charge is 2.24. The molecule has 1 aliphatic rings. The molecule has 1 heterocycles. The van der Waals surface area contributed by atoms with Gasteiger partial charge in [-0.15, -0.1) is 0 Å². The summed E-state index contributed by atoms with van der Waals surface area (Å²) in [7, 11) is 0. The zero-order valence-electron chi connectivity index (χ0n) is 14.7. The summed E-state index contributed by atoms with van der Waals surface area (Å²) < 4.78 is 0. The molecular weight excluding hydrogens is 383 g/mol. The molecule has 0 bridgehead atoms. The molecule has 0 aromatic heterocycles. The average molecular weight is 403 g/mol. The van der Waals surface area contributed by atoms with E-state index in [0.29, 0.717) is 28.7 Å². The molecule has 3 rings (SSSR count). The van der Waals surface area contributed by atoms with Crippen LogP contribution in [0.4, 0.5) is 0 Å². The van der Waals surface area contributed by atoms with Crippen LogP contribution in [0.3, 0.4) is 0 Å². The van der Waals surface area contributed by atoms with E-state index in [4.69, 9.17) is 23.2 Å². The zero-order valence-corrected chi connectivity index (χ0v) is 16.2. The van der Waals surface area contributed by atoms with Gasteiger partial charge in [0.1, 0.15) is 0 Å². The Labute approximate surface area is 168 Å². The maximum atomic E-state index is 12.6. The fourth-order valence-corrected chi connectivity index (χ4v) is 3.32. The maximum absolute atomic E-state index is 12.6. The molecule has 0 saturated carbocycles. The quantitative estimate of drug-likeness (QED) is 0.768. The molecule has 1 aliphatic heterocycles. The average Bonchev–Trinajstić information content (AvgIpc) is 2.69. The highest BCUT2D eigenvalue weighted by atomic mass is 35.5. The molecule has 2 aromatic carbocycles. The third-order valence-electron chi connectivity index (χ3n) is 4.52. The minimum Gasteiger partial charge on any atom is -0.350 e. The summed E-state index contributed by atoms with van der Waals surface area (Å²) in [4.78, 5) is 26.4. The molecule has 0 unspecified atom stereocenters. The first-order chi connectivity index (χ1) is 13.0. The van der Waals surface area contributed by atoms with E-state index in [2.05, 4.69) is 5.32 Å². The minimum absolute atomic E-state index is 0.0655. The summed E-state index contributed by atoms with van der Waals surface area (Å²) in [6.45, 7) is 1.18. The van der Waals surface area contributed by atoms with Gasteiger partial charge < -0.3 is 10.2 Å². The van der Waals surface area contributed by atoms with Crippen molar-refractivity contribution in [1.82, 2.24) is 10.2 Å². The van der Waals surface area contributed by atoms with Gasteiger partial charge in [-0.1, -0.05) is 53.5 Å². The number of carbonyl (C=O) groups excluding carboxylic acids is 2. The first-order valence-corrected chi connectivity index (χ1v) is 9.56. The normalized spacial score (nSPS) is 15.1. The largest absolute Gasteiger partial charge is 0.350 e. The molecule has 27 heavy (non-hydrogen) atoms. The number of rotatable bonds is 4. The Morgan fingerprint density at radius 2 is 1.70 bits per heavy atom. The number of hydrogen-bond acceptors (Lipinski definition) is 2. The van der Waals surface area contributed by atoms with Crippen LogP contribution in [0.15, 0.2) is 54.6 Å². The highest BCUT2D eigenvalue weighted by Crippen LogP contribution is 2.24. The van der Waals surface area contributed by atoms with Crippen LogP contribution in [0.25, 0.3) is 6.08 Å². The van der Waals surface area contributed by atoms with Crippen LogP contribution in [-0.4, -0.2) is 35.8 Å². The van der Waals surface area contributed by atoms with Crippen molar-refractivity contribution in [3.63, 3.8) is 0 Å². The first-order valence-electron chi connectivity index (χ1n) is 8.81. The van der Waals surface area contributed by atoms with Crippen molar-refractivity contribution < 1.29 is 9.59 Å². The number of benzene rings is 2. The van der Waals surface area contributed by atoms with Gasteiger partial charge in [-0.3, -0.25) is 9.59 Å². The van der Waals surface area contributed by atoms with Gasteiger partial charge in [0.15, 0.2) is 0 Å². The van der Waals surface area contributed by atoms with Crippen LogP contribution in [-0.2, 0) is 4.79 Å². The molecule has 2 aromatic rings. The fraction of sp³-hybridized carbons (Fsp3) is 0.238. The number of nitrogens with zero attached hydrogens (tertiary/aromatic N) is 1. The second-order valence-corrected chi connectivity index (χ2v) is 7.26. The van der Waals surface area contributed by atoms with Crippen molar-refractivity contribution in [3.05, 3.63) is 75.8 Å². The monoisotopic (exact) mass is 402 g/mol. The smallest absolute Gasteiger partial charge is 0.253 e. The molecule has 0 spiro atoms. The van der Waals surface area contributed by atoms with E-state index in [1.165, 1.54) is 0 Å². The van der Waals surface area contributed by atoms with Crippen LogP contribution >= 0.6 is 23.2 Å². The SMILES string of the molecule is O=C(/C=C/c1ccccc1)NC1CCN(C(=O)c2ccc(Cl)c(Cl)c2)CC1. The Bertz CT molecular complexity index is 845. The Balaban J connectivity index is 1.49. The third kappa shape index (κ3) is 5.34. The topological polar surface area (TPSA) is 49.4 Å². The van der Waals surface area contributed by atoms with Crippen LogP contribution in [0.5, 0.6) is 0 Å². The second kappa shape index (κ2) is 9.07. The molecule has 4 nitrogen and oxygen atoms in total. The number of hydrogen-bond donors (Lipinski definition) is 1. The van der Waals surface area contributed by atoms with E-state index in [0.717, 1.165) is 18.4 Å². The van der Waals surface area contributed by atoms with Gasteiger partial charge >= 0.3 is 0 Å². The minimum atomic E-state index is -0.117. The lowest BCUT2D eigenvalue weighted by Crippen LogP contribution is -2.46. The van der Waals surface area contributed by atoms with E-state index < -0.39 is 0 Å². The molecule has 1 saturated heterocycles. The van der Waals surface area contributed by atoms with Gasteiger partial charge in [0.05, 0.1) is 10.0 Å². The van der Waals surface area contributed by atoms with Gasteiger partial charge in [0, 0.05) is 30.8 Å². The molecule has 2 amide bonds. The van der Waals surface area contributed by atoms with Crippen molar-refractivity contribution in [1.29, 1.82) is 0 Å². The maximum Gasteiger partial charge on any atom is 0.253 e. The second-order valence-electron chi connectivity index (χ2n) is 6.45.